The minimum absolute atomic E-state index is 0.219. The van der Waals surface area contributed by atoms with Crippen molar-refractivity contribution in [3.05, 3.63) is 0 Å². The monoisotopic (exact) mass is 576 g/mol. The Morgan fingerprint density at radius 1 is 0.878 bits per heavy atom. The third-order valence-corrected chi connectivity index (χ3v) is 12.8. The second-order valence-electron chi connectivity index (χ2n) is 15.4. The van der Waals surface area contributed by atoms with E-state index in [4.69, 9.17) is 14.2 Å². The molecule has 1 N–H and O–H groups in total. The van der Waals surface area contributed by atoms with Crippen LogP contribution in [0.2, 0.25) is 0 Å². The summed E-state index contributed by atoms with van der Waals surface area (Å²) in [6.07, 6.45) is 8.31. The first-order chi connectivity index (χ1) is 18.9. The van der Waals surface area contributed by atoms with Gasteiger partial charge < -0.3 is 19.3 Å². The lowest BCUT2D eigenvalue weighted by Crippen LogP contribution is -2.69. The average Bonchev–Trinajstić information content (AvgIpc) is 3.20. The minimum Gasteiger partial charge on any atom is -0.462 e. The standard InChI is InChI=1S/C34H56O7/c1-20(10-11-21(2)31(6,7)41-24(5)37)27-12-13-28-26-18-30(40-23(4)36)34(38)19-25(39-22(3)35)14-17-33(34,9)29(26)15-16-32(27,28)8/h20-21,25-30,38H,10-19H2,1-9H3/t20-,21+,25+,26+,27-,28+,29+,30-,32-,33-,34+/m1/s1. The molecule has 4 aliphatic rings. The Bertz CT molecular complexity index is 1010. The predicted molar refractivity (Wildman–Crippen MR) is 157 cm³/mol. The molecule has 41 heavy (non-hydrogen) atoms. The number of hydrogen-bond donors (Lipinski definition) is 1. The normalized spacial score (nSPS) is 41.7. The van der Waals surface area contributed by atoms with Gasteiger partial charge >= 0.3 is 17.9 Å². The first-order valence-electron chi connectivity index (χ1n) is 16.2. The topological polar surface area (TPSA) is 99.1 Å². The molecule has 0 aliphatic heterocycles. The molecule has 0 bridgehead atoms. The second-order valence-corrected chi connectivity index (χ2v) is 15.4. The van der Waals surface area contributed by atoms with E-state index in [1.807, 2.05) is 13.8 Å². The lowest BCUT2D eigenvalue weighted by Gasteiger charge is -2.65. The molecule has 234 valence electrons. The number of carbonyl (C=O) groups excluding carboxylic acids is 3. The van der Waals surface area contributed by atoms with Gasteiger partial charge in [0, 0.05) is 32.6 Å². The summed E-state index contributed by atoms with van der Waals surface area (Å²) in [6, 6.07) is 0. The van der Waals surface area contributed by atoms with Crippen molar-refractivity contribution < 1.29 is 33.7 Å². The van der Waals surface area contributed by atoms with E-state index < -0.39 is 22.7 Å². The molecule has 7 heteroatoms. The fourth-order valence-electron chi connectivity index (χ4n) is 10.4. The third-order valence-electron chi connectivity index (χ3n) is 12.8. The summed E-state index contributed by atoms with van der Waals surface area (Å²) in [5.41, 5.74) is -1.85. The maximum atomic E-state index is 12.4. The second kappa shape index (κ2) is 11.5. The summed E-state index contributed by atoms with van der Waals surface area (Å²) in [6.45, 7) is 17.7. The number of ether oxygens (including phenoxy) is 3. The molecule has 0 aromatic rings. The molecule has 11 atom stereocenters. The molecule has 4 saturated carbocycles. The number of fused-ring (bicyclic) bond motifs is 5. The van der Waals surface area contributed by atoms with Gasteiger partial charge in [0.25, 0.3) is 0 Å². The molecular weight excluding hydrogens is 520 g/mol. The summed E-state index contributed by atoms with van der Waals surface area (Å²) < 4.78 is 17.2. The fourth-order valence-corrected chi connectivity index (χ4v) is 10.4. The van der Waals surface area contributed by atoms with Crippen molar-refractivity contribution in [1.82, 2.24) is 0 Å². The fraction of sp³-hybridized carbons (Fsp3) is 0.912. The molecule has 4 rings (SSSR count). The van der Waals surface area contributed by atoms with Gasteiger partial charge in [0.2, 0.25) is 0 Å². The van der Waals surface area contributed by atoms with Crippen LogP contribution in [-0.2, 0) is 28.6 Å². The molecule has 7 nitrogen and oxygen atoms in total. The third kappa shape index (κ3) is 5.82. The van der Waals surface area contributed by atoms with Crippen LogP contribution < -0.4 is 0 Å². The van der Waals surface area contributed by atoms with E-state index in [0.717, 1.165) is 38.5 Å². The highest BCUT2D eigenvalue weighted by Gasteiger charge is 2.69. The number of aliphatic hydroxyl groups is 1. The van der Waals surface area contributed by atoms with Gasteiger partial charge in [-0.25, -0.2) is 0 Å². The molecule has 0 saturated heterocycles. The van der Waals surface area contributed by atoms with Gasteiger partial charge in [-0.15, -0.1) is 0 Å². The molecule has 4 fully saturated rings. The molecule has 0 radical (unpaired) electrons. The van der Waals surface area contributed by atoms with Crippen molar-refractivity contribution in [3.63, 3.8) is 0 Å². The van der Waals surface area contributed by atoms with Crippen LogP contribution >= 0.6 is 0 Å². The molecule has 0 amide bonds. The highest BCUT2D eigenvalue weighted by molar-refractivity contribution is 5.67. The van der Waals surface area contributed by atoms with E-state index in [9.17, 15) is 19.5 Å². The first-order valence-corrected chi connectivity index (χ1v) is 16.2. The van der Waals surface area contributed by atoms with Crippen molar-refractivity contribution in [3.8, 4) is 0 Å². The Hall–Kier alpha value is -1.63. The Labute approximate surface area is 247 Å². The summed E-state index contributed by atoms with van der Waals surface area (Å²) >= 11 is 0. The van der Waals surface area contributed by atoms with Gasteiger partial charge in [0.1, 0.15) is 23.4 Å². The van der Waals surface area contributed by atoms with Gasteiger partial charge in [-0.2, -0.15) is 0 Å². The number of rotatable bonds is 8. The molecule has 0 aromatic carbocycles. The van der Waals surface area contributed by atoms with Gasteiger partial charge in [0.15, 0.2) is 0 Å². The lowest BCUT2D eigenvalue weighted by atomic mass is 9.42. The largest absolute Gasteiger partial charge is 0.462 e. The van der Waals surface area contributed by atoms with E-state index in [-0.39, 0.29) is 35.3 Å². The quantitative estimate of drug-likeness (QED) is 0.256. The predicted octanol–water partition coefficient (Wildman–Crippen LogP) is 6.63. The maximum Gasteiger partial charge on any atom is 0.303 e. The molecular formula is C34H56O7. The van der Waals surface area contributed by atoms with Crippen molar-refractivity contribution >= 4 is 17.9 Å². The van der Waals surface area contributed by atoms with Crippen LogP contribution in [0.5, 0.6) is 0 Å². The molecule has 0 spiro atoms. The van der Waals surface area contributed by atoms with Crippen LogP contribution in [0.15, 0.2) is 0 Å². The van der Waals surface area contributed by atoms with Gasteiger partial charge in [0.05, 0.1) is 0 Å². The van der Waals surface area contributed by atoms with Crippen LogP contribution in [0.1, 0.15) is 127 Å². The molecule has 0 aromatic heterocycles. The van der Waals surface area contributed by atoms with Crippen LogP contribution in [-0.4, -0.2) is 46.4 Å². The van der Waals surface area contributed by atoms with Crippen molar-refractivity contribution in [2.75, 3.05) is 0 Å². The first kappa shape index (κ1) is 32.3. The van der Waals surface area contributed by atoms with E-state index in [0.29, 0.717) is 42.4 Å². The molecule has 0 unspecified atom stereocenters. The van der Waals surface area contributed by atoms with E-state index in [1.54, 1.807) is 0 Å². The van der Waals surface area contributed by atoms with Crippen LogP contribution in [0.4, 0.5) is 0 Å². The molecule has 4 aliphatic carbocycles. The lowest BCUT2D eigenvalue weighted by molar-refractivity contribution is -0.271. The number of hydrogen-bond acceptors (Lipinski definition) is 7. The van der Waals surface area contributed by atoms with Crippen molar-refractivity contribution in [2.24, 2.45) is 46.3 Å². The average molecular weight is 577 g/mol. The van der Waals surface area contributed by atoms with E-state index in [1.165, 1.54) is 33.6 Å². The summed E-state index contributed by atoms with van der Waals surface area (Å²) in [7, 11) is 0. The number of esters is 3. The summed E-state index contributed by atoms with van der Waals surface area (Å²) in [5, 5.41) is 12.4. The highest BCUT2D eigenvalue weighted by Crippen LogP contribution is 2.69. The summed E-state index contributed by atoms with van der Waals surface area (Å²) in [5.74, 6) is 1.84. The summed E-state index contributed by atoms with van der Waals surface area (Å²) in [4.78, 5) is 35.7. The number of carbonyl (C=O) groups is 3. The van der Waals surface area contributed by atoms with Crippen LogP contribution in [0.25, 0.3) is 0 Å². The maximum absolute atomic E-state index is 12.4. The minimum atomic E-state index is -1.21. The SMILES string of the molecule is CC(=O)O[C@H]1CC[C@]2(C)[C@H]3CC[C@]4(C)[C@@H]([C@H](C)CC[C@H](C)C(C)(C)OC(C)=O)CC[C@H]4[C@@H]3C[C@@H](OC(C)=O)[C@@]2(O)C1. The van der Waals surface area contributed by atoms with Gasteiger partial charge in [-0.05, 0) is 106 Å². The van der Waals surface area contributed by atoms with Gasteiger partial charge in [-0.1, -0.05) is 34.1 Å². The smallest absolute Gasteiger partial charge is 0.303 e. The van der Waals surface area contributed by atoms with E-state index in [2.05, 4.69) is 27.7 Å². The van der Waals surface area contributed by atoms with Crippen molar-refractivity contribution in [2.45, 2.75) is 150 Å². The Morgan fingerprint density at radius 2 is 1.54 bits per heavy atom. The molecule has 0 heterocycles. The van der Waals surface area contributed by atoms with Gasteiger partial charge in [-0.3, -0.25) is 14.4 Å². The highest BCUT2D eigenvalue weighted by atomic mass is 16.6. The van der Waals surface area contributed by atoms with Crippen LogP contribution in [0, 0.1) is 46.3 Å². The Kier molecular flexibility index (Phi) is 9.03. The zero-order chi connectivity index (χ0) is 30.5. The Morgan fingerprint density at radius 3 is 2.15 bits per heavy atom. The van der Waals surface area contributed by atoms with Crippen molar-refractivity contribution in [1.29, 1.82) is 0 Å². The van der Waals surface area contributed by atoms with Crippen LogP contribution in [0.3, 0.4) is 0 Å². The Balaban J connectivity index is 1.53. The zero-order valence-electron chi connectivity index (χ0n) is 27.1. The zero-order valence-corrected chi connectivity index (χ0v) is 27.1. The van der Waals surface area contributed by atoms with E-state index >= 15 is 0 Å².